The summed E-state index contributed by atoms with van der Waals surface area (Å²) >= 11 is 0. The summed E-state index contributed by atoms with van der Waals surface area (Å²) in [5.41, 5.74) is 1.36. The van der Waals surface area contributed by atoms with E-state index in [2.05, 4.69) is 31.3 Å². The van der Waals surface area contributed by atoms with Crippen molar-refractivity contribution >= 4 is 0 Å². The molecule has 19 heavy (non-hydrogen) atoms. The molecule has 0 aliphatic carbocycles. The summed E-state index contributed by atoms with van der Waals surface area (Å²) in [5.74, 6) is 0.920. The van der Waals surface area contributed by atoms with Crippen molar-refractivity contribution in [1.82, 2.24) is 5.32 Å². The molecule has 1 N–H and O–H groups in total. The predicted molar refractivity (Wildman–Crippen MR) is 79.9 cm³/mol. The molecular formula is C16H27NO2. The van der Waals surface area contributed by atoms with E-state index in [0.29, 0.717) is 19.3 Å². The molecule has 108 valence electrons. The molecule has 0 bridgehead atoms. The zero-order chi connectivity index (χ0) is 13.9. The molecule has 0 fully saturated rings. The maximum Gasteiger partial charge on any atom is 0.119 e. The molecular weight excluding hydrogens is 238 g/mol. The van der Waals surface area contributed by atoms with Gasteiger partial charge in [-0.1, -0.05) is 19.1 Å². The first-order chi connectivity index (χ1) is 9.26. The molecule has 0 aliphatic heterocycles. The van der Waals surface area contributed by atoms with Crippen LogP contribution in [0.4, 0.5) is 0 Å². The van der Waals surface area contributed by atoms with Crippen molar-refractivity contribution in [2.45, 2.75) is 39.7 Å². The van der Waals surface area contributed by atoms with E-state index in [1.54, 1.807) is 0 Å². The van der Waals surface area contributed by atoms with Gasteiger partial charge in [-0.15, -0.1) is 0 Å². The maximum atomic E-state index is 5.59. The highest BCUT2D eigenvalue weighted by Crippen LogP contribution is 2.13. The molecule has 0 aliphatic rings. The van der Waals surface area contributed by atoms with Crippen LogP contribution in [0.3, 0.4) is 0 Å². The molecule has 1 aromatic rings. The third-order valence-electron chi connectivity index (χ3n) is 3.04. The van der Waals surface area contributed by atoms with Crippen molar-refractivity contribution in [1.29, 1.82) is 0 Å². The monoisotopic (exact) mass is 265 g/mol. The Morgan fingerprint density at radius 1 is 1.11 bits per heavy atom. The fourth-order valence-electron chi connectivity index (χ4n) is 1.95. The SMILES string of the molecule is CCNC(C)CCc1ccc(OCCOCC)cc1. The van der Waals surface area contributed by atoms with E-state index in [-0.39, 0.29) is 0 Å². The molecule has 0 aromatic heterocycles. The van der Waals surface area contributed by atoms with Gasteiger partial charge < -0.3 is 14.8 Å². The Hall–Kier alpha value is -1.06. The average molecular weight is 265 g/mol. The largest absolute Gasteiger partial charge is 0.491 e. The van der Waals surface area contributed by atoms with Crippen LogP contribution in [-0.2, 0) is 11.2 Å². The van der Waals surface area contributed by atoms with Crippen LogP contribution in [0.2, 0.25) is 0 Å². The lowest BCUT2D eigenvalue weighted by atomic mass is 10.1. The lowest BCUT2D eigenvalue weighted by molar-refractivity contribution is 0.110. The number of hydrogen-bond donors (Lipinski definition) is 1. The topological polar surface area (TPSA) is 30.5 Å². The van der Waals surface area contributed by atoms with Crippen LogP contribution in [-0.4, -0.2) is 32.4 Å². The van der Waals surface area contributed by atoms with Crippen molar-refractivity contribution in [3.05, 3.63) is 29.8 Å². The Morgan fingerprint density at radius 2 is 1.84 bits per heavy atom. The van der Waals surface area contributed by atoms with E-state index in [1.807, 2.05) is 19.1 Å². The summed E-state index contributed by atoms with van der Waals surface area (Å²) in [4.78, 5) is 0. The van der Waals surface area contributed by atoms with Crippen LogP contribution >= 0.6 is 0 Å². The second-order valence-electron chi connectivity index (χ2n) is 4.69. The fourth-order valence-corrected chi connectivity index (χ4v) is 1.95. The molecule has 0 radical (unpaired) electrons. The van der Waals surface area contributed by atoms with Crippen molar-refractivity contribution < 1.29 is 9.47 Å². The summed E-state index contributed by atoms with van der Waals surface area (Å²) < 4.78 is 10.8. The molecule has 3 nitrogen and oxygen atoms in total. The molecule has 0 saturated heterocycles. The van der Waals surface area contributed by atoms with Gasteiger partial charge in [-0.25, -0.2) is 0 Å². The normalized spacial score (nSPS) is 12.4. The molecule has 1 unspecified atom stereocenters. The van der Waals surface area contributed by atoms with Crippen LogP contribution in [0.15, 0.2) is 24.3 Å². The van der Waals surface area contributed by atoms with Gasteiger partial charge >= 0.3 is 0 Å². The lowest BCUT2D eigenvalue weighted by Gasteiger charge is -2.12. The van der Waals surface area contributed by atoms with Gasteiger partial charge in [0.2, 0.25) is 0 Å². The predicted octanol–water partition coefficient (Wildman–Crippen LogP) is 3.03. The molecule has 1 atom stereocenters. The maximum absolute atomic E-state index is 5.59. The van der Waals surface area contributed by atoms with E-state index < -0.39 is 0 Å². The van der Waals surface area contributed by atoms with Gasteiger partial charge in [-0.3, -0.25) is 0 Å². The van der Waals surface area contributed by atoms with Crippen LogP contribution in [0.1, 0.15) is 32.8 Å². The number of benzene rings is 1. The highest BCUT2D eigenvalue weighted by Gasteiger charge is 2.01. The van der Waals surface area contributed by atoms with Gasteiger partial charge in [0.05, 0.1) is 6.61 Å². The fraction of sp³-hybridized carbons (Fsp3) is 0.625. The van der Waals surface area contributed by atoms with E-state index >= 15 is 0 Å². The van der Waals surface area contributed by atoms with Gasteiger partial charge in [-0.2, -0.15) is 0 Å². The van der Waals surface area contributed by atoms with Crippen molar-refractivity contribution in [2.24, 2.45) is 0 Å². The minimum absolute atomic E-state index is 0.576. The quantitative estimate of drug-likeness (QED) is 0.660. The van der Waals surface area contributed by atoms with Gasteiger partial charge in [0.15, 0.2) is 0 Å². The van der Waals surface area contributed by atoms with Crippen LogP contribution in [0.25, 0.3) is 0 Å². The van der Waals surface area contributed by atoms with Gasteiger partial charge in [0.1, 0.15) is 12.4 Å². The molecule has 0 spiro atoms. The van der Waals surface area contributed by atoms with E-state index in [9.17, 15) is 0 Å². The smallest absolute Gasteiger partial charge is 0.119 e. The highest BCUT2D eigenvalue weighted by molar-refractivity contribution is 5.27. The molecule has 1 aromatic carbocycles. The van der Waals surface area contributed by atoms with Crippen LogP contribution in [0, 0.1) is 0 Å². The number of hydrogen-bond acceptors (Lipinski definition) is 3. The standard InChI is InChI=1S/C16H27NO2/c1-4-17-14(3)6-7-15-8-10-16(11-9-15)19-13-12-18-5-2/h8-11,14,17H,4-7,12-13H2,1-3H3. The summed E-state index contributed by atoms with van der Waals surface area (Å²) in [5, 5.41) is 3.43. The van der Waals surface area contributed by atoms with Crippen molar-refractivity contribution in [3.63, 3.8) is 0 Å². The number of rotatable bonds is 10. The second kappa shape index (κ2) is 9.82. The zero-order valence-corrected chi connectivity index (χ0v) is 12.4. The first-order valence-electron chi connectivity index (χ1n) is 7.29. The lowest BCUT2D eigenvalue weighted by Crippen LogP contribution is -2.25. The number of ether oxygens (including phenoxy) is 2. The van der Waals surface area contributed by atoms with Gasteiger partial charge in [-0.05, 0) is 50.9 Å². The first kappa shape index (κ1) is 16.0. The Labute approximate surface area is 117 Å². The summed E-state index contributed by atoms with van der Waals surface area (Å²) in [6, 6.07) is 8.95. The minimum atomic E-state index is 0.576. The Kier molecular flexibility index (Phi) is 8.26. The van der Waals surface area contributed by atoms with Gasteiger partial charge in [0, 0.05) is 12.6 Å². The van der Waals surface area contributed by atoms with Crippen molar-refractivity contribution in [3.8, 4) is 5.75 Å². The molecule has 1 rings (SSSR count). The van der Waals surface area contributed by atoms with E-state index in [1.165, 1.54) is 12.0 Å². The Bertz CT molecular complexity index is 324. The van der Waals surface area contributed by atoms with Crippen LogP contribution < -0.4 is 10.1 Å². The zero-order valence-electron chi connectivity index (χ0n) is 12.4. The second-order valence-corrected chi connectivity index (χ2v) is 4.69. The molecule has 0 amide bonds. The number of nitrogens with one attached hydrogen (secondary N) is 1. The molecule has 0 heterocycles. The molecule has 3 heteroatoms. The first-order valence-corrected chi connectivity index (χ1v) is 7.29. The van der Waals surface area contributed by atoms with Gasteiger partial charge in [0.25, 0.3) is 0 Å². The minimum Gasteiger partial charge on any atom is -0.491 e. The highest BCUT2D eigenvalue weighted by atomic mass is 16.5. The number of aryl methyl sites for hydroxylation is 1. The average Bonchev–Trinajstić information content (AvgIpc) is 2.43. The van der Waals surface area contributed by atoms with Crippen LogP contribution in [0.5, 0.6) is 5.75 Å². The third-order valence-corrected chi connectivity index (χ3v) is 3.04. The van der Waals surface area contributed by atoms with E-state index in [4.69, 9.17) is 9.47 Å². The van der Waals surface area contributed by atoms with Crippen molar-refractivity contribution in [2.75, 3.05) is 26.4 Å². The molecule has 0 saturated carbocycles. The third kappa shape index (κ3) is 7.19. The Morgan fingerprint density at radius 3 is 2.47 bits per heavy atom. The summed E-state index contributed by atoms with van der Waals surface area (Å²) in [6.07, 6.45) is 2.27. The Balaban J connectivity index is 2.27. The summed E-state index contributed by atoms with van der Waals surface area (Å²) in [7, 11) is 0. The van der Waals surface area contributed by atoms with E-state index in [0.717, 1.165) is 25.3 Å². The summed E-state index contributed by atoms with van der Waals surface area (Å²) in [6.45, 7) is 9.41.